The van der Waals surface area contributed by atoms with E-state index in [2.05, 4.69) is 5.32 Å². The second-order valence-corrected chi connectivity index (χ2v) is 4.48. The van der Waals surface area contributed by atoms with Gasteiger partial charge < -0.3 is 10.2 Å². The lowest BCUT2D eigenvalue weighted by Gasteiger charge is -2.21. The lowest BCUT2D eigenvalue weighted by atomic mass is 10.1. The number of nitro benzene ring substituents is 1. The Labute approximate surface area is 109 Å². The Hall–Kier alpha value is -2.44. The van der Waals surface area contributed by atoms with Gasteiger partial charge >= 0.3 is 0 Å². The second-order valence-electron chi connectivity index (χ2n) is 4.48. The maximum Gasteiger partial charge on any atom is 0.271 e. The summed E-state index contributed by atoms with van der Waals surface area (Å²) in [5.74, 6) is -0.848. The van der Waals surface area contributed by atoms with Crippen molar-refractivity contribution in [2.24, 2.45) is 5.92 Å². The Bertz CT molecular complexity index is 570. The zero-order valence-electron chi connectivity index (χ0n) is 10.5. The van der Waals surface area contributed by atoms with Gasteiger partial charge in [-0.1, -0.05) is 6.92 Å². The van der Waals surface area contributed by atoms with E-state index in [-0.39, 0.29) is 30.0 Å². The van der Waals surface area contributed by atoms with Gasteiger partial charge in [0.25, 0.3) is 5.69 Å². The van der Waals surface area contributed by atoms with Crippen LogP contribution in [0.15, 0.2) is 18.2 Å². The van der Waals surface area contributed by atoms with Crippen molar-refractivity contribution in [3.8, 4) is 0 Å². The fourth-order valence-corrected chi connectivity index (χ4v) is 1.97. The zero-order valence-corrected chi connectivity index (χ0v) is 10.5. The molecule has 0 spiro atoms. The highest BCUT2D eigenvalue weighted by Gasteiger charge is 2.28. The van der Waals surface area contributed by atoms with Gasteiger partial charge in [0.2, 0.25) is 11.8 Å². The first-order valence-electron chi connectivity index (χ1n) is 5.77. The van der Waals surface area contributed by atoms with Crippen LogP contribution in [0.5, 0.6) is 0 Å². The van der Waals surface area contributed by atoms with Gasteiger partial charge in [0.15, 0.2) is 0 Å². The van der Waals surface area contributed by atoms with Crippen LogP contribution in [-0.2, 0) is 9.59 Å². The molecule has 0 radical (unpaired) electrons. The highest BCUT2D eigenvalue weighted by Crippen LogP contribution is 2.33. The Kier molecular flexibility index (Phi) is 3.20. The summed E-state index contributed by atoms with van der Waals surface area (Å²) in [5, 5.41) is 13.5. The van der Waals surface area contributed by atoms with E-state index in [0.29, 0.717) is 11.4 Å². The Morgan fingerprint density at radius 3 is 2.79 bits per heavy atom. The number of fused-ring (bicyclic) bond motifs is 1. The minimum Gasteiger partial charge on any atom is -0.324 e. The van der Waals surface area contributed by atoms with Crippen LogP contribution >= 0.6 is 0 Å². The van der Waals surface area contributed by atoms with E-state index in [1.54, 1.807) is 6.92 Å². The zero-order chi connectivity index (χ0) is 14.2. The molecule has 0 aliphatic carbocycles. The first-order valence-corrected chi connectivity index (χ1v) is 5.77. The number of benzene rings is 1. The average Bonchev–Trinajstić information content (AvgIpc) is 2.46. The van der Waals surface area contributed by atoms with Gasteiger partial charge in [-0.2, -0.15) is 0 Å². The number of non-ortho nitro benzene ring substituents is 1. The van der Waals surface area contributed by atoms with Gasteiger partial charge in [0.05, 0.1) is 22.2 Å². The number of amides is 2. The number of rotatable bonds is 1. The molecule has 7 heteroatoms. The van der Waals surface area contributed by atoms with Gasteiger partial charge in [-0.3, -0.25) is 19.7 Å². The summed E-state index contributed by atoms with van der Waals surface area (Å²) in [7, 11) is 0. The first-order chi connectivity index (χ1) is 8.90. The maximum atomic E-state index is 11.8. The highest BCUT2D eigenvalue weighted by atomic mass is 16.6. The molecule has 19 heavy (non-hydrogen) atoms. The summed E-state index contributed by atoms with van der Waals surface area (Å²) in [4.78, 5) is 35.1. The molecule has 0 fully saturated rings. The van der Waals surface area contributed by atoms with E-state index in [1.165, 1.54) is 30.0 Å². The predicted octanol–water partition coefficient (Wildman–Crippen LogP) is 1.54. The fraction of sp³-hybridized carbons (Fsp3) is 0.333. The summed E-state index contributed by atoms with van der Waals surface area (Å²) < 4.78 is 0. The van der Waals surface area contributed by atoms with E-state index in [9.17, 15) is 19.7 Å². The minimum atomic E-state index is -0.533. The largest absolute Gasteiger partial charge is 0.324 e. The van der Waals surface area contributed by atoms with Crippen LogP contribution in [0.1, 0.15) is 13.8 Å². The molecule has 7 nitrogen and oxygen atoms in total. The fourth-order valence-electron chi connectivity index (χ4n) is 1.97. The standard InChI is InChI=1S/C12H13N3O4/c1-7-6-14(8(2)16)11-5-9(15(18)19)3-4-10(11)13-12(7)17/h3-5,7H,6H2,1-2H3,(H,13,17). The molecule has 1 heterocycles. The molecule has 1 aromatic rings. The van der Waals surface area contributed by atoms with E-state index < -0.39 is 4.92 Å². The number of hydrogen-bond acceptors (Lipinski definition) is 4. The summed E-state index contributed by atoms with van der Waals surface area (Å²) >= 11 is 0. The highest BCUT2D eigenvalue weighted by molar-refractivity contribution is 6.04. The first kappa shape index (κ1) is 13.0. The lowest BCUT2D eigenvalue weighted by molar-refractivity contribution is -0.384. The predicted molar refractivity (Wildman–Crippen MR) is 68.9 cm³/mol. The number of nitrogens with zero attached hydrogens (tertiary/aromatic N) is 2. The van der Waals surface area contributed by atoms with Crippen molar-refractivity contribution in [3.63, 3.8) is 0 Å². The topological polar surface area (TPSA) is 92.6 Å². The SMILES string of the molecule is CC(=O)N1CC(C)C(=O)Nc2ccc([N+](=O)[O-])cc21. The quantitative estimate of drug-likeness (QED) is 0.614. The van der Waals surface area contributed by atoms with E-state index in [1.807, 2.05) is 0 Å². The van der Waals surface area contributed by atoms with Crippen molar-refractivity contribution in [1.29, 1.82) is 0 Å². The molecule has 0 bridgehead atoms. The third-order valence-corrected chi connectivity index (χ3v) is 3.02. The minimum absolute atomic E-state index is 0.117. The van der Waals surface area contributed by atoms with Crippen molar-refractivity contribution >= 4 is 28.9 Å². The maximum absolute atomic E-state index is 11.8. The number of carbonyl (C=O) groups excluding carboxylic acids is 2. The number of carbonyl (C=O) groups is 2. The molecule has 0 saturated carbocycles. The van der Waals surface area contributed by atoms with Crippen molar-refractivity contribution in [3.05, 3.63) is 28.3 Å². The molecular weight excluding hydrogens is 250 g/mol. The average molecular weight is 263 g/mol. The molecule has 1 atom stereocenters. The van der Waals surface area contributed by atoms with Crippen LogP contribution in [-0.4, -0.2) is 23.3 Å². The summed E-state index contributed by atoms with van der Waals surface area (Å²) in [6, 6.07) is 4.04. The molecule has 2 amide bonds. The smallest absolute Gasteiger partial charge is 0.271 e. The molecule has 100 valence electrons. The van der Waals surface area contributed by atoms with Crippen LogP contribution in [0, 0.1) is 16.0 Å². The number of nitrogens with one attached hydrogen (secondary N) is 1. The molecule has 1 aliphatic heterocycles. The third kappa shape index (κ3) is 2.40. The summed E-state index contributed by atoms with van der Waals surface area (Å²) in [6.07, 6.45) is 0. The van der Waals surface area contributed by atoms with Crippen LogP contribution in [0.4, 0.5) is 17.1 Å². The monoisotopic (exact) mass is 263 g/mol. The molecule has 2 rings (SSSR count). The molecule has 1 aliphatic rings. The van der Waals surface area contributed by atoms with Gasteiger partial charge in [-0.15, -0.1) is 0 Å². The molecular formula is C12H13N3O4. The van der Waals surface area contributed by atoms with Crippen LogP contribution < -0.4 is 10.2 Å². The number of anilines is 2. The third-order valence-electron chi connectivity index (χ3n) is 3.02. The van der Waals surface area contributed by atoms with Gasteiger partial charge in [0.1, 0.15) is 0 Å². The van der Waals surface area contributed by atoms with Gasteiger partial charge in [-0.25, -0.2) is 0 Å². The summed E-state index contributed by atoms with van der Waals surface area (Å²) in [6.45, 7) is 3.27. The van der Waals surface area contributed by atoms with E-state index >= 15 is 0 Å². The lowest BCUT2D eigenvalue weighted by Crippen LogP contribution is -2.34. The van der Waals surface area contributed by atoms with Gasteiger partial charge in [-0.05, 0) is 6.07 Å². The van der Waals surface area contributed by atoms with Crippen LogP contribution in [0.3, 0.4) is 0 Å². The molecule has 1 aromatic carbocycles. The molecule has 0 saturated heterocycles. The normalized spacial score (nSPS) is 18.3. The Morgan fingerprint density at radius 2 is 2.21 bits per heavy atom. The Morgan fingerprint density at radius 1 is 1.53 bits per heavy atom. The van der Waals surface area contributed by atoms with Crippen molar-refractivity contribution < 1.29 is 14.5 Å². The van der Waals surface area contributed by atoms with Gasteiger partial charge in [0, 0.05) is 25.6 Å². The molecule has 0 aromatic heterocycles. The molecule has 1 N–H and O–H groups in total. The van der Waals surface area contributed by atoms with Crippen molar-refractivity contribution in [2.45, 2.75) is 13.8 Å². The van der Waals surface area contributed by atoms with Crippen LogP contribution in [0.2, 0.25) is 0 Å². The molecule has 1 unspecified atom stereocenters. The van der Waals surface area contributed by atoms with Crippen molar-refractivity contribution in [1.82, 2.24) is 0 Å². The number of hydrogen-bond donors (Lipinski definition) is 1. The summed E-state index contributed by atoms with van der Waals surface area (Å²) in [5.41, 5.74) is 0.656. The number of nitro groups is 1. The Balaban J connectivity index is 2.56. The van der Waals surface area contributed by atoms with Crippen molar-refractivity contribution in [2.75, 3.05) is 16.8 Å². The van der Waals surface area contributed by atoms with E-state index in [0.717, 1.165) is 0 Å². The van der Waals surface area contributed by atoms with E-state index in [4.69, 9.17) is 0 Å². The van der Waals surface area contributed by atoms with Crippen LogP contribution in [0.25, 0.3) is 0 Å². The second kappa shape index (κ2) is 4.68.